The summed E-state index contributed by atoms with van der Waals surface area (Å²) < 4.78 is 5.92. The molecule has 1 aliphatic heterocycles. The van der Waals surface area contributed by atoms with Crippen LogP contribution in [0.15, 0.2) is 64.2 Å². The monoisotopic (exact) mass is 479 g/mol. The van der Waals surface area contributed by atoms with Gasteiger partial charge in [-0.15, -0.1) is 10.2 Å². The highest BCUT2D eigenvalue weighted by Gasteiger charge is 2.31. The van der Waals surface area contributed by atoms with Gasteiger partial charge in [0, 0.05) is 29.1 Å². The number of carbonyl (C=O) groups excluding carboxylic acids is 2. The van der Waals surface area contributed by atoms with E-state index < -0.39 is 5.25 Å². The number of para-hydroxylation sites is 1. The van der Waals surface area contributed by atoms with Gasteiger partial charge in [0.2, 0.25) is 11.8 Å². The van der Waals surface area contributed by atoms with Crippen LogP contribution >= 0.6 is 23.4 Å². The Morgan fingerprint density at radius 2 is 1.97 bits per heavy atom. The molecule has 4 aromatic rings. The van der Waals surface area contributed by atoms with Gasteiger partial charge >= 0.3 is 6.03 Å². The number of hydrogen-bond acceptors (Lipinski definition) is 7. The molecule has 2 aromatic carbocycles. The number of rotatable bonds is 5. The first-order valence-corrected chi connectivity index (χ1v) is 11.5. The second kappa shape index (κ2) is 8.84. The maximum absolute atomic E-state index is 12.6. The Morgan fingerprint density at radius 1 is 1.18 bits per heavy atom. The fraction of sp³-hybridized carbons (Fsp3) is 0.174. The quantitative estimate of drug-likeness (QED) is 0.416. The molecule has 1 aliphatic rings. The van der Waals surface area contributed by atoms with E-state index in [9.17, 15) is 9.59 Å². The molecule has 1 atom stereocenters. The standard InChI is InChI=1S/C23H18ClN5O3S/c1-13(21(30)29-11-10-25-22(29)31)33-23-28-27-20(32-23)17-12-19(14-6-8-15(24)9-7-14)26-18-5-3-2-4-16(17)18/h2-9,12-13H,10-11H2,1H3,(H,25,31). The Morgan fingerprint density at radius 3 is 2.73 bits per heavy atom. The van der Waals surface area contributed by atoms with Crippen molar-refractivity contribution in [3.05, 3.63) is 59.6 Å². The zero-order valence-corrected chi connectivity index (χ0v) is 19.1. The van der Waals surface area contributed by atoms with Crippen molar-refractivity contribution in [1.82, 2.24) is 25.4 Å². The third-order valence-corrected chi connectivity index (χ3v) is 6.41. The van der Waals surface area contributed by atoms with Gasteiger partial charge in [0.25, 0.3) is 5.22 Å². The Hall–Kier alpha value is -3.43. The van der Waals surface area contributed by atoms with Crippen LogP contribution in [0.25, 0.3) is 33.6 Å². The molecule has 8 nitrogen and oxygen atoms in total. The summed E-state index contributed by atoms with van der Waals surface area (Å²) in [6.45, 7) is 2.52. The highest BCUT2D eigenvalue weighted by Crippen LogP contribution is 2.34. The van der Waals surface area contributed by atoms with Crippen molar-refractivity contribution in [2.24, 2.45) is 0 Å². The molecule has 0 saturated carbocycles. The largest absolute Gasteiger partial charge is 0.411 e. The van der Waals surface area contributed by atoms with E-state index in [1.54, 1.807) is 6.92 Å². The third kappa shape index (κ3) is 4.29. The first-order valence-electron chi connectivity index (χ1n) is 10.2. The van der Waals surface area contributed by atoms with Crippen LogP contribution in [0.2, 0.25) is 5.02 Å². The molecule has 1 unspecified atom stereocenters. The molecule has 3 heterocycles. The number of hydrogen-bond donors (Lipinski definition) is 1. The van der Waals surface area contributed by atoms with E-state index in [2.05, 4.69) is 15.5 Å². The van der Waals surface area contributed by atoms with Gasteiger partial charge in [-0.05, 0) is 31.2 Å². The van der Waals surface area contributed by atoms with Gasteiger partial charge in [0.1, 0.15) is 0 Å². The number of fused-ring (bicyclic) bond motifs is 1. The number of urea groups is 1. The van der Waals surface area contributed by atoms with E-state index in [1.807, 2.05) is 54.6 Å². The zero-order valence-electron chi connectivity index (χ0n) is 17.5. The van der Waals surface area contributed by atoms with E-state index in [1.165, 1.54) is 4.90 Å². The molecule has 0 aliphatic carbocycles. The predicted molar refractivity (Wildman–Crippen MR) is 126 cm³/mol. The Kier molecular flexibility index (Phi) is 5.74. The van der Waals surface area contributed by atoms with Crippen LogP contribution in [0, 0.1) is 0 Å². The van der Waals surface area contributed by atoms with E-state index in [-0.39, 0.29) is 17.2 Å². The lowest BCUT2D eigenvalue weighted by molar-refractivity contribution is -0.126. The molecular formula is C23H18ClN5O3S. The summed E-state index contributed by atoms with van der Waals surface area (Å²) in [7, 11) is 0. The zero-order chi connectivity index (χ0) is 22.9. The number of benzene rings is 2. The first-order chi connectivity index (χ1) is 16.0. The molecule has 5 rings (SSSR count). The maximum Gasteiger partial charge on any atom is 0.324 e. The molecule has 10 heteroatoms. The number of imide groups is 1. The summed E-state index contributed by atoms with van der Waals surface area (Å²) in [6.07, 6.45) is 0. The second-order valence-corrected chi connectivity index (χ2v) is 9.16. The van der Waals surface area contributed by atoms with Crippen LogP contribution in [0.5, 0.6) is 0 Å². The molecule has 1 saturated heterocycles. The Balaban J connectivity index is 1.46. The minimum atomic E-state index is -0.555. The van der Waals surface area contributed by atoms with Crippen LogP contribution < -0.4 is 5.32 Å². The molecular weight excluding hydrogens is 462 g/mol. The maximum atomic E-state index is 12.6. The highest BCUT2D eigenvalue weighted by molar-refractivity contribution is 8.00. The average molecular weight is 480 g/mol. The average Bonchev–Trinajstić information content (AvgIpc) is 3.47. The number of amides is 3. The molecule has 0 bridgehead atoms. The minimum Gasteiger partial charge on any atom is -0.411 e. The van der Waals surface area contributed by atoms with Gasteiger partial charge in [-0.1, -0.05) is 53.7 Å². The highest BCUT2D eigenvalue weighted by atomic mass is 35.5. The number of pyridine rings is 1. The lowest BCUT2D eigenvalue weighted by Crippen LogP contribution is -2.38. The fourth-order valence-electron chi connectivity index (χ4n) is 3.59. The molecule has 33 heavy (non-hydrogen) atoms. The van der Waals surface area contributed by atoms with Gasteiger partial charge in [-0.2, -0.15) is 0 Å². The van der Waals surface area contributed by atoms with Crippen molar-refractivity contribution >= 4 is 46.2 Å². The minimum absolute atomic E-state index is 0.249. The lowest BCUT2D eigenvalue weighted by atomic mass is 10.0. The molecule has 1 N–H and O–H groups in total. The normalized spacial score (nSPS) is 14.5. The van der Waals surface area contributed by atoms with Crippen molar-refractivity contribution in [3.63, 3.8) is 0 Å². The molecule has 1 fully saturated rings. The van der Waals surface area contributed by atoms with Gasteiger partial charge < -0.3 is 9.73 Å². The van der Waals surface area contributed by atoms with Crippen molar-refractivity contribution < 1.29 is 14.0 Å². The second-order valence-electron chi connectivity index (χ2n) is 7.43. The molecule has 166 valence electrons. The van der Waals surface area contributed by atoms with Crippen molar-refractivity contribution in [1.29, 1.82) is 0 Å². The summed E-state index contributed by atoms with van der Waals surface area (Å²) in [4.78, 5) is 30.3. The molecule has 0 spiro atoms. The van der Waals surface area contributed by atoms with Crippen molar-refractivity contribution in [2.75, 3.05) is 13.1 Å². The number of halogens is 1. The van der Waals surface area contributed by atoms with Crippen molar-refractivity contribution in [3.8, 4) is 22.7 Å². The van der Waals surface area contributed by atoms with Gasteiger partial charge in [-0.3, -0.25) is 9.69 Å². The van der Waals surface area contributed by atoms with Gasteiger partial charge in [0.15, 0.2) is 0 Å². The van der Waals surface area contributed by atoms with Crippen LogP contribution in [-0.2, 0) is 4.79 Å². The summed E-state index contributed by atoms with van der Waals surface area (Å²) in [6, 6.07) is 16.7. The predicted octanol–water partition coefficient (Wildman–Crippen LogP) is 4.64. The Bertz CT molecular complexity index is 1360. The van der Waals surface area contributed by atoms with E-state index >= 15 is 0 Å². The number of nitrogens with zero attached hydrogens (tertiary/aromatic N) is 4. The van der Waals surface area contributed by atoms with Crippen molar-refractivity contribution in [2.45, 2.75) is 17.4 Å². The number of nitrogens with one attached hydrogen (secondary N) is 1. The van der Waals surface area contributed by atoms with E-state index in [0.29, 0.717) is 24.0 Å². The SMILES string of the molecule is CC(Sc1nnc(-c2cc(-c3ccc(Cl)cc3)nc3ccccc23)o1)C(=O)N1CCNC1=O. The van der Waals surface area contributed by atoms with E-state index in [4.69, 9.17) is 21.0 Å². The van der Waals surface area contributed by atoms with Crippen LogP contribution in [0.1, 0.15) is 6.92 Å². The Labute approximate surface area is 198 Å². The van der Waals surface area contributed by atoms with Gasteiger partial charge in [-0.25, -0.2) is 9.78 Å². The number of thioether (sulfide) groups is 1. The van der Waals surface area contributed by atoms with E-state index in [0.717, 1.165) is 39.5 Å². The summed E-state index contributed by atoms with van der Waals surface area (Å²) in [5.74, 6) is 0.0269. The molecule has 3 amide bonds. The molecule has 0 radical (unpaired) electrons. The summed E-state index contributed by atoms with van der Waals surface area (Å²) >= 11 is 7.15. The topological polar surface area (TPSA) is 101 Å². The fourth-order valence-corrected chi connectivity index (χ4v) is 4.46. The molecule has 2 aromatic heterocycles. The van der Waals surface area contributed by atoms with Crippen LogP contribution in [0.3, 0.4) is 0 Å². The smallest absolute Gasteiger partial charge is 0.324 e. The number of carbonyl (C=O) groups is 2. The summed E-state index contributed by atoms with van der Waals surface area (Å²) in [5, 5.41) is 12.2. The lowest BCUT2D eigenvalue weighted by Gasteiger charge is -2.15. The number of aromatic nitrogens is 3. The van der Waals surface area contributed by atoms with Crippen LogP contribution in [-0.4, -0.2) is 50.4 Å². The van der Waals surface area contributed by atoms with Crippen LogP contribution in [0.4, 0.5) is 4.79 Å². The summed E-state index contributed by atoms with van der Waals surface area (Å²) in [5.41, 5.74) is 3.18. The van der Waals surface area contributed by atoms with Gasteiger partial charge in [0.05, 0.1) is 22.0 Å². The third-order valence-electron chi connectivity index (χ3n) is 5.24. The first kappa shape index (κ1) is 21.4.